The van der Waals surface area contributed by atoms with Crippen molar-refractivity contribution >= 4 is 27.8 Å². The molecular formula is C15H18BrN3O2. The molecule has 0 aliphatic carbocycles. The summed E-state index contributed by atoms with van der Waals surface area (Å²) in [5.41, 5.74) is 0.870. The summed E-state index contributed by atoms with van der Waals surface area (Å²) in [4.78, 5) is 11.8. The first-order chi connectivity index (χ1) is 9.84. The summed E-state index contributed by atoms with van der Waals surface area (Å²) in [6, 6.07) is 9.17. The zero-order chi connectivity index (χ0) is 15.5. The van der Waals surface area contributed by atoms with Crippen LogP contribution in [0.15, 0.2) is 39.3 Å². The van der Waals surface area contributed by atoms with E-state index < -0.39 is 0 Å². The molecule has 5 nitrogen and oxygen atoms in total. The molecule has 1 aromatic heterocycles. The number of hydrogen-bond acceptors (Lipinski definition) is 3. The number of anilines is 1. The number of halogens is 1. The highest BCUT2D eigenvalue weighted by atomic mass is 79.9. The zero-order valence-corrected chi connectivity index (χ0v) is 13.8. The molecule has 0 saturated carbocycles. The lowest BCUT2D eigenvalue weighted by Gasteiger charge is -2.12. The van der Waals surface area contributed by atoms with Crippen LogP contribution < -0.4 is 10.6 Å². The van der Waals surface area contributed by atoms with E-state index in [0.29, 0.717) is 12.4 Å². The van der Waals surface area contributed by atoms with Gasteiger partial charge in [0.25, 0.3) is 0 Å². The Bertz CT molecular complexity index is 632. The third kappa shape index (κ3) is 4.60. The Balaban J connectivity index is 1.89. The van der Waals surface area contributed by atoms with Crippen LogP contribution in [-0.4, -0.2) is 11.2 Å². The largest absolute Gasteiger partial charge is 0.359 e. The molecule has 0 radical (unpaired) electrons. The molecule has 2 aromatic rings. The number of carbonyl (C=O) groups is 1. The van der Waals surface area contributed by atoms with Crippen molar-refractivity contribution < 1.29 is 9.32 Å². The summed E-state index contributed by atoms with van der Waals surface area (Å²) in [5, 5.41) is 9.26. The minimum Gasteiger partial charge on any atom is -0.359 e. The summed E-state index contributed by atoms with van der Waals surface area (Å²) in [6.45, 7) is 6.50. The molecule has 112 valence electrons. The highest BCUT2D eigenvalue weighted by molar-refractivity contribution is 9.10. The van der Waals surface area contributed by atoms with Crippen LogP contribution >= 0.6 is 15.9 Å². The van der Waals surface area contributed by atoms with Gasteiger partial charge in [0.1, 0.15) is 5.76 Å². The maximum Gasteiger partial charge on any atom is 0.320 e. The molecule has 0 spiro atoms. The van der Waals surface area contributed by atoms with E-state index in [0.717, 1.165) is 15.8 Å². The normalized spacial score (nSPS) is 11.2. The molecule has 0 bridgehead atoms. The van der Waals surface area contributed by atoms with E-state index in [2.05, 4.69) is 31.7 Å². The molecule has 0 aliphatic rings. The van der Waals surface area contributed by atoms with Crippen LogP contribution in [0.25, 0.3) is 0 Å². The van der Waals surface area contributed by atoms with Crippen LogP contribution in [0.3, 0.4) is 0 Å². The molecular weight excluding hydrogens is 334 g/mol. The van der Waals surface area contributed by atoms with Crippen molar-refractivity contribution in [3.05, 3.63) is 46.1 Å². The van der Waals surface area contributed by atoms with Gasteiger partial charge in [-0.1, -0.05) is 54.0 Å². The highest BCUT2D eigenvalue weighted by Crippen LogP contribution is 2.24. The van der Waals surface area contributed by atoms with Crippen LogP contribution in [0.2, 0.25) is 0 Å². The number of benzene rings is 1. The number of aromatic nitrogens is 1. The fraction of sp³-hybridized carbons (Fsp3) is 0.333. The lowest BCUT2D eigenvalue weighted by atomic mass is 9.93. The summed E-state index contributed by atoms with van der Waals surface area (Å²) < 4.78 is 6.19. The van der Waals surface area contributed by atoms with Gasteiger partial charge in [0.15, 0.2) is 5.82 Å². The Kier molecular flexibility index (Phi) is 4.67. The standard InChI is InChI=1S/C15H18BrN3O2/c1-15(2,3)12-8-13(19-21-12)18-14(20)17-9-10-5-4-6-11(16)7-10/h4-8H,9H2,1-3H3,(H2,17,18,19,20). The Labute approximate surface area is 132 Å². The van der Waals surface area contributed by atoms with E-state index in [4.69, 9.17) is 4.52 Å². The van der Waals surface area contributed by atoms with Crippen molar-refractivity contribution in [2.24, 2.45) is 0 Å². The predicted octanol–water partition coefficient (Wildman–Crippen LogP) is 4.06. The first-order valence-electron chi connectivity index (χ1n) is 6.61. The molecule has 2 amide bonds. The van der Waals surface area contributed by atoms with Gasteiger partial charge in [0.05, 0.1) is 0 Å². The number of carbonyl (C=O) groups excluding carboxylic acids is 1. The molecule has 0 unspecified atom stereocenters. The SMILES string of the molecule is CC(C)(C)c1cc(NC(=O)NCc2cccc(Br)c2)no1. The number of nitrogens with one attached hydrogen (secondary N) is 2. The molecule has 2 N–H and O–H groups in total. The van der Waals surface area contributed by atoms with Crippen molar-refractivity contribution in [2.45, 2.75) is 32.7 Å². The number of hydrogen-bond donors (Lipinski definition) is 2. The van der Waals surface area contributed by atoms with E-state index >= 15 is 0 Å². The smallest absolute Gasteiger partial charge is 0.320 e. The van der Waals surface area contributed by atoms with E-state index in [-0.39, 0.29) is 11.4 Å². The van der Waals surface area contributed by atoms with Gasteiger partial charge in [-0.2, -0.15) is 0 Å². The van der Waals surface area contributed by atoms with Gasteiger partial charge in [-0.15, -0.1) is 0 Å². The molecule has 0 aliphatic heterocycles. The Morgan fingerprint density at radius 1 is 1.33 bits per heavy atom. The maximum absolute atomic E-state index is 11.8. The van der Waals surface area contributed by atoms with Gasteiger partial charge in [0.2, 0.25) is 0 Å². The lowest BCUT2D eigenvalue weighted by molar-refractivity contribution is 0.251. The molecule has 0 saturated heterocycles. The average molecular weight is 352 g/mol. The Morgan fingerprint density at radius 2 is 2.10 bits per heavy atom. The number of nitrogens with zero attached hydrogens (tertiary/aromatic N) is 1. The molecule has 0 fully saturated rings. The zero-order valence-electron chi connectivity index (χ0n) is 12.2. The predicted molar refractivity (Wildman–Crippen MR) is 85.2 cm³/mol. The fourth-order valence-corrected chi connectivity index (χ4v) is 2.12. The van der Waals surface area contributed by atoms with Gasteiger partial charge in [0, 0.05) is 22.5 Å². The first kappa shape index (κ1) is 15.6. The van der Waals surface area contributed by atoms with Crippen molar-refractivity contribution in [1.82, 2.24) is 10.5 Å². The molecule has 1 aromatic carbocycles. The first-order valence-corrected chi connectivity index (χ1v) is 7.40. The molecule has 1 heterocycles. The van der Waals surface area contributed by atoms with Crippen LogP contribution in [-0.2, 0) is 12.0 Å². The Morgan fingerprint density at radius 3 is 2.71 bits per heavy atom. The van der Waals surface area contributed by atoms with Crippen LogP contribution in [0, 0.1) is 0 Å². The third-order valence-corrected chi connectivity index (χ3v) is 3.33. The summed E-state index contributed by atoms with van der Waals surface area (Å²) >= 11 is 3.39. The van der Waals surface area contributed by atoms with Crippen molar-refractivity contribution in [3.63, 3.8) is 0 Å². The van der Waals surface area contributed by atoms with Crippen LogP contribution in [0.1, 0.15) is 32.1 Å². The van der Waals surface area contributed by atoms with Gasteiger partial charge >= 0.3 is 6.03 Å². The van der Waals surface area contributed by atoms with Crippen LogP contribution in [0.4, 0.5) is 10.6 Å². The third-order valence-electron chi connectivity index (χ3n) is 2.83. The van der Waals surface area contributed by atoms with Gasteiger partial charge in [-0.05, 0) is 17.7 Å². The molecule has 0 atom stereocenters. The lowest BCUT2D eigenvalue weighted by Crippen LogP contribution is -2.28. The van der Waals surface area contributed by atoms with E-state index in [1.165, 1.54) is 0 Å². The highest BCUT2D eigenvalue weighted by Gasteiger charge is 2.20. The van der Waals surface area contributed by atoms with Crippen molar-refractivity contribution in [2.75, 3.05) is 5.32 Å². The molecule has 6 heteroatoms. The summed E-state index contributed by atoms with van der Waals surface area (Å²) in [6.07, 6.45) is 0. The number of urea groups is 1. The molecule has 2 rings (SSSR count). The monoisotopic (exact) mass is 351 g/mol. The average Bonchev–Trinajstić information content (AvgIpc) is 2.85. The van der Waals surface area contributed by atoms with Gasteiger partial charge < -0.3 is 9.84 Å². The second-order valence-electron chi connectivity index (χ2n) is 5.76. The summed E-state index contributed by atoms with van der Waals surface area (Å²) in [5.74, 6) is 1.14. The van der Waals surface area contributed by atoms with Crippen molar-refractivity contribution in [1.29, 1.82) is 0 Å². The van der Waals surface area contributed by atoms with Crippen molar-refractivity contribution in [3.8, 4) is 0 Å². The van der Waals surface area contributed by atoms with Gasteiger partial charge in [-0.3, -0.25) is 5.32 Å². The Hall–Kier alpha value is -1.82. The fourth-order valence-electron chi connectivity index (χ4n) is 1.68. The second-order valence-corrected chi connectivity index (χ2v) is 6.68. The quantitative estimate of drug-likeness (QED) is 0.876. The maximum atomic E-state index is 11.8. The van der Waals surface area contributed by atoms with E-state index in [9.17, 15) is 4.79 Å². The minimum absolute atomic E-state index is 0.139. The number of rotatable bonds is 3. The number of amides is 2. The minimum atomic E-state index is -0.316. The topological polar surface area (TPSA) is 67.2 Å². The van der Waals surface area contributed by atoms with Gasteiger partial charge in [-0.25, -0.2) is 4.79 Å². The summed E-state index contributed by atoms with van der Waals surface area (Å²) in [7, 11) is 0. The van der Waals surface area contributed by atoms with Crippen LogP contribution in [0.5, 0.6) is 0 Å². The van der Waals surface area contributed by atoms with E-state index in [1.54, 1.807) is 6.07 Å². The molecule has 21 heavy (non-hydrogen) atoms. The second kappa shape index (κ2) is 6.30. The van der Waals surface area contributed by atoms with E-state index in [1.807, 2.05) is 45.0 Å².